The lowest BCUT2D eigenvalue weighted by molar-refractivity contribution is -0.145. The van der Waals surface area contributed by atoms with Crippen LogP contribution < -0.4 is 5.32 Å². The lowest BCUT2D eigenvalue weighted by Gasteiger charge is -2.19. The number of hydrogen-bond donors (Lipinski definition) is 1. The van der Waals surface area contributed by atoms with Gasteiger partial charge in [0.1, 0.15) is 6.04 Å². The standard InChI is InChI=1S/C20H23NO3/c1-14-8-7-9-15(2)17(14)13-18(20(23)24-3)21-19(22)12-16-10-5-4-6-11-16/h4-11,18H,12-13H2,1-3H3,(H,21,22)/t18-/m0/s1. The highest BCUT2D eigenvalue weighted by Gasteiger charge is 2.23. The Labute approximate surface area is 142 Å². The van der Waals surface area contributed by atoms with Crippen molar-refractivity contribution in [2.24, 2.45) is 0 Å². The van der Waals surface area contributed by atoms with Crippen LogP contribution in [-0.4, -0.2) is 25.0 Å². The minimum Gasteiger partial charge on any atom is -0.467 e. The van der Waals surface area contributed by atoms with E-state index in [1.807, 2.05) is 62.4 Å². The highest BCUT2D eigenvalue weighted by molar-refractivity contribution is 5.85. The van der Waals surface area contributed by atoms with Crippen molar-refractivity contribution in [2.45, 2.75) is 32.7 Å². The van der Waals surface area contributed by atoms with E-state index in [-0.39, 0.29) is 12.3 Å². The van der Waals surface area contributed by atoms with Crippen molar-refractivity contribution in [2.75, 3.05) is 7.11 Å². The predicted octanol–water partition coefficient (Wildman–Crippen LogP) is 2.75. The van der Waals surface area contributed by atoms with E-state index in [9.17, 15) is 9.59 Å². The zero-order valence-electron chi connectivity index (χ0n) is 14.3. The van der Waals surface area contributed by atoms with E-state index in [1.54, 1.807) is 0 Å². The molecule has 4 heteroatoms. The average molecular weight is 325 g/mol. The van der Waals surface area contributed by atoms with E-state index in [4.69, 9.17) is 4.74 Å². The Hall–Kier alpha value is -2.62. The van der Waals surface area contributed by atoms with Gasteiger partial charge in [0.25, 0.3) is 0 Å². The third kappa shape index (κ3) is 4.69. The highest BCUT2D eigenvalue weighted by atomic mass is 16.5. The maximum absolute atomic E-state index is 12.3. The number of benzene rings is 2. The highest BCUT2D eigenvalue weighted by Crippen LogP contribution is 2.16. The quantitative estimate of drug-likeness (QED) is 0.831. The van der Waals surface area contributed by atoms with Crippen LogP contribution in [-0.2, 0) is 27.2 Å². The lowest BCUT2D eigenvalue weighted by atomic mass is 9.96. The molecule has 1 amide bonds. The molecule has 0 aromatic heterocycles. The maximum atomic E-state index is 12.3. The van der Waals surface area contributed by atoms with Crippen molar-refractivity contribution < 1.29 is 14.3 Å². The number of ether oxygens (including phenoxy) is 1. The fourth-order valence-corrected chi connectivity index (χ4v) is 2.74. The van der Waals surface area contributed by atoms with Crippen LogP contribution in [0.25, 0.3) is 0 Å². The first-order valence-corrected chi connectivity index (χ1v) is 7.97. The summed E-state index contributed by atoms with van der Waals surface area (Å²) in [5, 5.41) is 2.81. The largest absolute Gasteiger partial charge is 0.467 e. The van der Waals surface area contributed by atoms with E-state index in [0.717, 1.165) is 22.3 Å². The predicted molar refractivity (Wildman–Crippen MR) is 93.7 cm³/mol. The Bertz CT molecular complexity index is 690. The molecule has 1 N–H and O–H groups in total. The number of esters is 1. The molecule has 2 rings (SSSR count). The minimum absolute atomic E-state index is 0.192. The Morgan fingerprint density at radius 1 is 1.00 bits per heavy atom. The second kappa shape index (κ2) is 8.29. The Balaban J connectivity index is 2.11. The molecule has 0 saturated heterocycles. The van der Waals surface area contributed by atoms with Crippen LogP contribution in [0.5, 0.6) is 0 Å². The van der Waals surface area contributed by atoms with Gasteiger partial charge in [-0.25, -0.2) is 4.79 Å². The molecule has 0 aliphatic carbocycles. The van der Waals surface area contributed by atoms with Crippen molar-refractivity contribution in [1.29, 1.82) is 0 Å². The zero-order valence-corrected chi connectivity index (χ0v) is 14.3. The Morgan fingerprint density at radius 2 is 1.62 bits per heavy atom. The topological polar surface area (TPSA) is 55.4 Å². The monoisotopic (exact) mass is 325 g/mol. The molecule has 0 spiro atoms. The van der Waals surface area contributed by atoms with E-state index in [0.29, 0.717) is 6.42 Å². The molecule has 4 nitrogen and oxygen atoms in total. The molecule has 24 heavy (non-hydrogen) atoms. The summed E-state index contributed by atoms with van der Waals surface area (Å²) >= 11 is 0. The molecule has 0 aliphatic heterocycles. The van der Waals surface area contributed by atoms with Gasteiger partial charge >= 0.3 is 5.97 Å². The van der Waals surface area contributed by atoms with Crippen LogP contribution in [0.3, 0.4) is 0 Å². The Morgan fingerprint density at radius 3 is 2.21 bits per heavy atom. The van der Waals surface area contributed by atoms with Crippen LogP contribution in [0.15, 0.2) is 48.5 Å². The summed E-state index contributed by atoms with van der Waals surface area (Å²) in [6.45, 7) is 4.00. The minimum atomic E-state index is -0.689. The molecule has 126 valence electrons. The second-order valence-electron chi connectivity index (χ2n) is 5.88. The fraction of sp³-hybridized carbons (Fsp3) is 0.300. The zero-order chi connectivity index (χ0) is 17.5. The van der Waals surface area contributed by atoms with Crippen LogP contribution >= 0.6 is 0 Å². The first-order valence-electron chi connectivity index (χ1n) is 7.97. The number of amides is 1. The molecule has 0 unspecified atom stereocenters. The molecule has 0 radical (unpaired) electrons. The molecule has 0 bridgehead atoms. The molecule has 2 aromatic rings. The first kappa shape index (κ1) is 17.7. The summed E-state index contributed by atoms with van der Waals surface area (Å²) in [4.78, 5) is 24.4. The number of methoxy groups -OCH3 is 1. The molecular formula is C20H23NO3. The van der Waals surface area contributed by atoms with Gasteiger partial charge in [-0.05, 0) is 36.1 Å². The van der Waals surface area contributed by atoms with Gasteiger partial charge in [-0.2, -0.15) is 0 Å². The maximum Gasteiger partial charge on any atom is 0.328 e. The van der Waals surface area contributed by atoms with Gasteiger partial charge in [0.05, 0.1) is 13.5 Å². The van der Waals surface area contributed by atoms with E-state index in [2.05, 4.69) is 5.32 Å². The number of aryl methyl sites for hydroxylation is 2. The SMILES string of the molecule is COC(=O)[C@H](Cc1c(C)cccc1C)NC(=O)Cc1ccccc1. The number of hydrogen-bond acceptors (Lipinski definition) is 3. The third-order valence-electron chi connectivity index (χ3n) is 4.08. The van der Waals surface area contributed by atoms with Crippen LogP contribution in [0.4, 0.5) is 0 Å². The van der Waals surface area contributed by atoms with Gasteiger partial charge in [0.2, 0.25) is 5.91 Å². The number of carbonyl (C=O) groups excluding carboxylic acids is 2. The van der Waals surface area contributed by atoms with Gasteiger partial charge in [-0.3, -0.25) is 4.79 Å². The lowest BCUT2D eigenvalue weighted by Crippen LogP contribution is -2.44. The summed E-state index contributed by atoms with van der Waals surface area (Å²) < 4.78 is 4.86. The van der Waals surface area contributed by atoms with Crippen LogP contribution in [0.2, 0.25) is 0 Å². The summed E-state index contributed by atoms with van der Waals surface area (Å²) in [5.41, 5.74) is 4.17. The smallest absolute Gasteiger partial charge is 0.328 e. The van der Waals surface area contributed by atoms with Gasteiger partial charge < -0.3 is 10.1 Å². The molecule has 0 heterocycles. The van der Waals surface area contributed by atoms with E-state index in [1.165, 1.54) is 7.11 Å². The summed E-state index contributed by atoms with van der Waals surface area (Å²) in [5.74, 6) is -0.623. The van der Waals surface area contributed by atoms with Gasteiger partial charge in [0.15, 0.2) is 0 Å². The molecular weight excluding hydrogens is 302 g/mol. The van der Waals surface area contributed by atoms with Gasteiger partial charge in [0, 0.05) is 6.42 Å². The van der Waals surface area contributed by atoms with Crippen molar-refractivity contribution in [1.82, 2.24) is 5.32 Å². The molecule has 2 aromatic carbocycles. The van der Waals surface area contributed by atoms with Gasteiger partial charge in [-0.1, -0.05) is 48.5 Å². The van der Waals surface area contributed by atoms with Gasteiger partial charge in [-0.15, -0.1) is 0 Å². The second-order valence-corrected chi connectivity index (χ2v) is 5.88. The third-order valence-corrected chi connectivity index (χ3v) is 4.08. The molecule has 1 atom stereocenters. The van der Waals surface area contributed by atoms with Crippen LogP contribution in [0.1, 0.15) is 22.3 Å². The van der Waals surface area contributed by atoms with Crippen LogP contribution in [0, 0.1) is 13.8 Å². The normalized spacial score (nSPS) is 11.6. The van der Waals surface area contributed by atoms with Crippen molar-refractivity contribution in [3.63, 3.8) is 0 Å². The molecule has 0 saturated carbocycles. The molecule has 0 fully saturated rings. The fourth-order valence-electron chi connectivity index (χ4n) is 2.74. The average Bonchev–Trinajstić information content (AvgIpc) is 2.57. The number of rotatable bonds is 6. The molecule has 0 aliphatic rings. The van der Waals surface area contributed by atoms with Crippen molar-refractivity contribution in [3.8, 4) is 0 Å². The number of carbonyl (C=O) groups is 2. The van der Waals surface area contributed by atoms with Crippen molar-refractivity contribution in [3.05, 3.63) is 70.8 Å². The summed E-state index contributed by atoms with van der Waals surface area (Å²) in [6.07, 6.45) is 0.660. The summed E-state index contributed by atoms with van der Waals surface area (Å²) in [7, 11) is 1.34. The van der Waals surface area contributed by atoms with E-state index >= 15 is 0 Å². The van der Waals surface area contributed by atoms with Crippen molar-refractivity contribution >= 4 is 11.9 Å². The number of nitrogens with one attached hydrogen (secondary N) is 1. The summed E-state index contributed by atoms with van der Waals surface area (Å²) in [6, 6.07) is 14.7. The van der Waals surface area contributed by atoms with E-state index < -0.39 is 12.0 Å². The Kier molecular flexibility index (Phi) is 6.13. The first-order chi connectivity index (χ1) is 11.5.